The third-order valence-corrected chi connectivity index (χ3v) is 2.50. The number of pyridine rings is 1. The van der Waals surface area contributed by atoms with Crippen LogP contribution in [0.4, 0.5) is 0 Å². The van der Waals surface area contributed by atoms with Crippen molar-refractivity contribution in [2.75, 3.05) is 7.05 Å². The lowest BCUT2D eigenvalue weighted by atomic mass is 10.2. The molecule has 0 spiro atoms. The molecule has 1 heterocycles. The summed E-state index contributed by atoms with van der Waals surface area (Å²) in [6.07, 6.45) is 1.51. The maximum atomic E-state index is 11.8. The van der Waals surface area contributed by atoms with E-state index in [-0.39, 0.29) is 23.6 Å². The molecule has 1 aromatic heterocycles. The summed E-state index contributed by atoms with van der Waals surface area (Å²) >= 11 is 0. The molecule has 1 aromatic rings. The van der Waals surface area contributed by atoms with E-state index < -0.39 is 17.9 Å². The SMILES string of the molecule is CCC(NC(=O)c1ccc(C(=O)NC)nc1)C(=O)O. The monoisotopic (exact) mass is 265 g/mol. The van der Waals surface area contributed by atoms with Crippen LogP contribution in [0.2, 0.25) is 0 Å². The van der Waals surface area contributed by atoms with E-state index in [1.54, 1.807) is 6.92 Å². The first-order valence-electron chi connectivity index (χ1n) is 5.71. The number of hydrogen-bond donors (Lipinski definition) is 3. The summed E-state index contributed by atoms with van der Waals surface area (Å²) in [6.45, 7) is 1.66. The van der Waals surface area contributed by atoms with E-state index >= 15 is 0 Å². The molecular formula is C12H15N3O4. The van der Waals surface area contributed by atoms with Crippen LogP contribution in [0.25, 0.3) is 0 Å². The fourth-order valence-corrected chi connectivity index (χ4v) is 1.37. The first-order chi connectivity index (χ1) is 8.99. The molecule has 1 atom stereocenters. The number of carbonyl (C=O) groups is 3. The number of aliphatic carboxylic acids is 1. The van der Waals surface area contributed by atoms with Crippen LogP contribution in [0.5, 0.6) is 0 Å². The van der Waals surface area contributed by atoms with Crippen molar-refractivity contribution in [3.05, 3.63) is 29.6 Å². The smallest absolute Gasteiger partial charge is 0.326 e. The van der Waals surface area contributed by atoms with E-state index in [1.807, 2.05) is 0 Å². The van der Waals surface area contributed by atoms with Crippen LogP contribution in [0.3, 0.4) is 0 Å². The second-order valence-corrected chi connectivity index (χ2v) is 3.78. The number of aromatic nitrogens is 1. The van der Waals surface area contributed by atoms with Crippen molar-refractivity contribution in [1.82, 2.24) is 15.6 Å². The highest BCUT2D eigenvalue weighted by Gasteiger charge is 2.18. The normalized spacial score (nSPS) is 11.5. The number of carboxylic acids is 1. The summed E-state index contributed by atoms with van der Waals surface area (Å²) in [7, 11) is 1.48. The minimum absolute atomic E-state index is 0.185. The van der Waals surface area contributed by atoms with Crippen molar-refractivity contribution in [1.29, 1.82) is 0 Å². The fraction of sp³-hybridized carbons (Fsp3) is 0.333. The third kappa shape index (κ3) is 3.77. The van der Waals surface area contributed by atoms with Crippen molar-refractivity contribution in [2.45, 2.75) is 19.4 Å². The summed E-state index contributed by atoms with van der Waals surface area (Å²) in [4.78, 5) is 37.6. The van der Waals surface area contributed by atoms with Crippen molar-refractivity contribution in [3.63, 3.8) is 0 Å². The molecule has 1 unspecified atom stereocenters. The maximum Gasteiger partial charge on any atom is 0.326 e. The number of nitrogens with one attached hydrogen (secondary N) is 2. The number of nitrogens with zero attached hydrogens (tertiary/aromatic N) is 1. The zero-order valence-electron chi connectivity index (χ0n) is 10.6. The van der Waals surface area contributed by atoms with Gasteiger partial charge in [-0.25, -0.2) is 4.79 Å². The van der Waals surface area contributed by atoms with E-state index in [0.717, 1.165) is 0 Å². The third-order valence-electron chi connectivity index (χ3n) is 2.50. The molecular weight excluding hydrogens is 250 g/mol. The van der Waals surface area contributed by atoms with Gasteiger partial charge in [0.15, 0.2) is 0 Å². The van der Waals surface area contributed by atoms with Crippen LogP contribution in [-0.4, -0.2) is 41.0 Å². The van der Waals surface area contributed by atoms with Gasteiger partial charge in [0.1, 0.15) is 11.7 Å². The molecule has 19 heavy (non-hydrogen) atoms. The van der Waals surface area contributed by atoms with Gasteiger partial charge < -0.3 is 15.7 Å². The van der Waals surface area contributed by atoms with Gasteiger partial charge in [-0.2, -0.15) is 0 Å². The Morgan fingerprint density at radius 1 is 1.32 bits per heavy atom. The maximum absolute atomic E-state index is 11.8. The molecule has 7 nitrogen and oxygen atoms in total. The first kappa shape index (κ1) is 14.6. The summed E-state index contributed by atoms with van der Waals surface area (Å²) < 4.78 is 0. The summed E-state index contributed by atoms with van der Waals surface area (Å²) in [5, 5.41) is 13.6. The van der Waals surface area contributed by atoms with E-state index in [4.69, 9.17) is 5.11 Å². The molecule has 1 rings (SSSR count). The molecule has 0 aliphatic heterocycles. The van der Waals surface area contributed by atoms with Gasteiger partial charge in [-0.3, -0.25) is 14.6 Å². The molecule has 102 valence electrons. The largest absolute Gasteiger partial charge is 0.480 e. The molecule has 0 bridgehead atoms. The first-order valence-corrected chi connectivity index (χ1v) is 5.71. The van der Waals surface area contributed by atoms with Crippen LogP contribution in [0.15, 0.2) is 18.3 Å². The standard InChI is InChI=1S/C12H15N3O4/c1-3-8(12(18)19)15-10(16)7-4-5-9(14-6-7)11(17)13-2/h4-6,8H,3H2,1-2H3,(H,13,17)(H,15,16)(H,18,19). The predicted molar refractivity (Wildman–Crippen MR) is 66.8 cm³/mol. The summed E-state index contributed by atoms with van der Waals surface area (Å²) in [6, 6.07) is 1.88. The summed E-state index contributed by atoms with van der Waals surface area (Å²) in [5.74, 6) is -1.99. The minimum Gasteiger partial charge on any atom is -0.480 e. The minimum atomic E-state index is -1.09. The Kier molecular flexibility index (Phi) is 4.99. The van der Waals surface area contributed by atoms with E-state index in [0.29, 0.717) is 0 Å². The van der Waals surface area contributed by atoms with Gasteiger partial charge >= 0.3 is 5.97 Å². The zero-order valence-corrected chi connectivity index (χ0v) is 10.6. The Morgan fingerprint density at radius 2 is 2.00 bits per heavy atom. The van der Waals surface area contributed by atoms with Crippen LogP contribution in [0.1, 0.15) is 34.2 Å². The average Bonchev–Trinajstić information content (AvgIpc) is 2.43. The number of rotatable bonds is 5. The van der Waals surface area contributed by atoms with Gasteiger partial charge in [-0.1, -0.05) is 6.92 Å². The lowest BCUT2D eigenvalue weighted by Gasteiger charge is -2.12. The van der Waals surface area contributed by atoms with Gasteiger partial charge in [0, 0.05) is 13.2 Å². The van der Waals surface area contributed by atoms with Crippen LogP contribution in [-0.2, 0) is 4.79 Å². The second-order valence-electron chi connectivity index (χ2n) is 3.78. The van der Waals surface area contributed by atoms with Gasteiger partial charge in [0.05, 0.1) is 5.56 Å². The molecule has 0 aliphatic carbocycles. The molecule has 0 saturated heterocycles. The molecule has 3 N–H and O–H groups in total. The molecule has 0 radical (unpaired) electrons. The number of carboxylic acid groups (broad SMARTS) is 1. The average molecular weight is 265 g/mol. The van der Waals surface area contributed by atoms with Crippen LogP contribution in [0, 0.1) is 0 Å². The predicted octanol–water partition coefficient (Wildman–Crippen LogP) is 0.0342. The van der Waals surface area contributed by atoms with Crippen molar-refractivity contribution in [3.8, 4) is 0 Å². The molecule has 2 amide bonds. The van der Waals surface area contributed by atoms with Gasteiger partial charge in [0.25, 0.3) is 11.8 Å². The Labute approximate surface area is 110 Å². The Hall–Kier alpha value is -2.44. The van der Waals surface area contributed by atoms with Crippen molar-refractivity contribution in [2.24, 2.45) is 0 Å². The van der Waals surface area contributed by atoms with Crippen LogP contribution < -0.4 is 10.6 Å². The molecule has 0 aliphatic rings. The molecule has 0 fully saturated rings. The van der Waals surface area contributed by atoms with Crippen molar-refractivity contribution < 1.29 is 19.5 Å². The highest BCUT2D eigenvalue weighted by Crippen LogP contribution is 2.02. The van der Waals surface area contributed by atoms with Crippen LogP contribution >= 0.6 is 0 Å². The second kappa shape index (κ2) is 6.48. The lowest BCUT2D eigenvalue weighted by Crippen LogP contribution is -2.40. The molecule has 0 aromatic carbocycles. The highest BCUT2D eigenvalue weighted by molar-refractivity contribution is 5.97. The van der Waals surface area contributed by atoms with E-state index in [9.17, 15) is 14.4 Å². The van der Waals surface area contributed by atoms with E-state index in [2.05, 4.69) is 15.6 Å². The van der Waals surface area contributed by atoms with Gasteiger partial charge in [0.2, 0.25) is 0 Å². The number of carbonyl (C=O) groups excluding carboxylic acids is 2. The fourth-order valence-electron chi connectivity index (χ4n) is 1.37. The number of hydrogen-bond acceptors (Lipinski definition) is 4. The van der Waals surface area contributed by atoms with Crippen molar-refractivity contribution >= 4 is 17.8 Å². The Morgan fingerprint density at radius 3 is 2.42 bits per heavy atom. The number of amides is 2. The lowest BCUT2D eigenvalue weighted by molar-refractivity contribution is -0.139. The van der Waals surface area contributed by atoms with Gasteiger partial charge in [-0.15, -0.1) is 0 Å². The topological polar surface area (TPSA) is 108 Å². The highest BCUT2D eigenvalue weighted by atomic mass is 16.4. The van der Waals surface area contributed by atoms with E-state index in [1.165, 1.54) is 25.4 Å². The Balaban J connectivity index is 2.78. The van der Waals surface area contributed by atoms with Gasteiger partial charge in [-0.05, 0) is 18.6 Å². The molecule has 7 heteroatoms. The Bertz CT molecular complexity index is 484. The molecule has 0 saturated carbocycles. The zero-order chi connectivity index (χ0) is 14.4. The quantitative estimate of drug-likeness (QED) is 0.696. The summed E-state index contributed by atoms with van der Waals surface area (Å²) in [5.41, 5.74) is 0.386.